The van der Waals surface area contributed by atoms with Crippen molar-refractivity contribution in [1.82, 2.24) is 9.97 Å². The molecular weight excluding hydrogens is 380 g/mol. The monoisotopic (exact) mass is 404 g/mol. The third kappa shape index (κ3) is 3.89. The van der Waals surface area contributed by atoms with Crippen LogP contribution >= 0.6 is 21.6 Å². The van der Waals surface area contributed by atoms with Gasteiger partial charge in [-0.2, -0.15) is 0 Å². The SMILES string of the molecule is CC(C)c1ccc2cccc(SSc3cccc4ccc(C(C)C)nc34)c2n1. The van der Waals surface area contributed by atoms with Crippen molar-refractivity contribution in [2.75, 3.05) is 0 Å². The molecule has 0 unspecified atom stereocenters. The Labute approximate surface area is 174 Å². The predicted octanol–water partition coefficient (Wildman–Crippen LogP) is 7.83. The van der Waals surface area contributed by atoms with Gasteiger partial charge in [-0.15, -0.1) is 0 Å². The van der Waals surface area contributed by atoms with Gasteiger partial charge in [-0.05, 0) is 36.1 Å². The molecule has 0 fully saturated rings. The summed E-state index contributed by atoms with van der Waals surface area (Å²) in [4.78, 5) is 12.3. The first-order valence-corrected chi connectivity index (χ1v) is 11.8. The number of hydrogen-bond acceptors (Lipinski definition) is 4. The van der Waals surface area contributed by atoms with Crippen molar-refractivity contribution in [3.63, 3.8) is 0 Å². The Morgan fingerprint density at radius 3 is 1.39 bits per heavy atom. The van der Waals surface area contributed by atoms with Crippen LogP contribution in [-0.4, -0.2) is 9.97 Å². The van der Waals surface area contributed by atoms with E-state index in [9.17, 15) is 0 Å². The number of pyridine rings is 2. The molecule has 0 saturated heterocycles. The average molecular weight is 405 g/mol. The predicted molar refractivity (Wildman–Crippen MR) is 123 cm³/mol. The van der Waals surface area contributed by atoms with Crippen molar-refractivity contribution in [2.24, 2.45) is 0 Å². The summed E-state index contributed by atoms with van der Waals surface area (Å²) in [5.74, 6) is 0.846. The minimum atomic E-state index is 0.423. The van der Waals surface area contributed by atoms with Gasteiger partial charge in [-0.1, -0.05) is 85.7 Å². The highest BCUT2D eigenvalue weighted by molar-refractivity contribution is 8.76. The summed E-state index contributed by atoms with van der Waals surface area (Å²) in [6, 6.07) is 21.4. The number of rotatable bonds is 5. The second kappa shape index (κ2) is 8.14. The molecule has 2 aromatic carbocycles. The van der Waals surface area contributed by atoms with Crippen molar-refractivity contribution >= 4 is 43.4 Å². The van der Waals surface area contributed by atoms with Crippen molar-refractivity contribution in [3.8, 4) is 0 Å². The molecule has 2 aromatic heterocycles. The highest BCUT2D eigenvalue weighted by atomic mass is 33.1. The largest absolute Gasteiger partial charge is 0.251 e. The van der Waals surface area contributed by atoms with Crippen LogP contribution in [0.5, 0.6) is 0 Å². The lowest BCUT2D eigenvalue weighted by molar-refractivity contribution is 0.829. The Bertz CT molecular complexity index is 1040. The Hall–Kier alpha value is -2.04. The Morgan fingerprint density at radius 2 is 1.00 bits per heavy atom. The fourth-order valence-corrected chi connectivity index (χ4v) is 5.42. The summed E-state index contributed by atoms with van der Waals surface area (Å²) in [6.07, 6.45) is 0. The summed E-state index contributed by atoms with van der Waals surface area (Å²) >= 11 is 0. The van der Waals surface area contributed by atoms with E-state index in [4.69, 9.17) is 9.97 Å². The molecule has 2 heterocycles. The van der Waals surface area contributed by atoms with Gasteiger partial charge in [0.15, 0.2) is 0 Å². The maximum Gasteiger partial charge on any atom is 0.0849 e. The van der Waals surface area contributed by atoms with Crippen LogP contribution in [0.2, 0.25) is 0 Å². The summed E-state index contributed by atoms with van der Waals surface area (Å²) in [5.41, 5.74) is 4.45. The zero-order valence-electron chi connectivity index (χ0n) is 16.6. The first-order valence-electron chi connectivity index (χ1n) is 9.67. The van der Waals surface area contributed by atoms with Crippen LogP contribution in [-0.2, 0) is 0 Å². The standard InChI is InChI=1S/C24H24N2S2/c1-15(2)19-13-11-17-7-5-9-21(23(17)25-19)27-28-22-10-6-8-18-12-14-20(16(3)4)26-24(18)22/h5-16H,1-4H3. The normalized spacial score (nSPS) is 11.8. The van der Waals surface area contributed by atoms with Crippen molar-refractivity contribution < 1.29 is 0 Å². The van der Waals surface area contributed by atoms with Gasteiger partial charge in [0.2, 0.25) is 0 Å². The summed E-state index contributed by atoms with van der Waals surface area (Å²) < 4.78 is 0. The molecule has 0 saturated carbocycles. The number of fused-ring (bicyclic) bond motifs is 2. The lowest BCUT2D eigenvalue weighted by Gasteiger charge is -2.11. The third-order valence-electron chi connectivity index (χ3n) is 4.81. The molecule has 2 nitrogen and oxygen atoms in total. The molecule has 0 atom stereocenters. The first-order chi connectivity index (χ1) is 13.5. The van der Waals surface area contributed by atoms with E-state index in [0.29, 0.717) is 11.8 Å². The molecule has 0 spiro atoms. The van der Waals surface area contributed by atoms with Gasteiger partial charge in [-0.25, -0.2) is 0 Å². The van der Waals surface area contributed by atoms with E-state index in [-0.39, 0.29) is 0 Å². The maximum absolute atomic E-state index is 4.94. The number of aromatic nitrogens is 2. The Kier molecular flexibility index (Phi) is 5.61. The summed E-state index contributed by atoms with van der Waals surface area (Å²) in [5, 5.41) is 2.38. The van der Waals surface area contributed by atoms with Crippen molar-refractivity contribution in [3.05, 3.63) is 72.1 Å². The van der Waals surface area contributed by atoms with Gasteiger partial charge in [-0.3, -0.25) is 9.97 Å². The Balaban J connectivity index is 1.70. The van der Waals surface area contributed by atoms with E-state index < -0.39 is 0 Å². The second-order valence-corrected chi connectivity index (χ2v) is 9.82. The fraction of sp³-hybridized carbons (Fsp3) is 0.250. The zero-order chi connectivity index (χ0) is 19.7. The number of nitrogens with zero attached hydrogens (tertiary/aromatic N) is 2. The van der Waals surface area contributed by atoms with Crippen LogP contribution in [0.3, 0.4) is 0 Å². The maximum atomic E-state index is 4.94. The number of para-hydroxylation sites is 2. The highest BCUT2D eigenvalue weighted by Gasteiger charge is 2.11. The van der Waals surface area contributed by atoms with E-state index >= 15 is 0 Å². The fourth-order valence-electron chi connectivity index (χ4n) is 3.14. The quantitative estimate of drug-likeness (QED) is 0.317. The molecule has 0 aliphatic carbocycles. The van der Waals surface area contributed by atoms with Gasteiger partial charge in [0.1, 0.15) is 0 Å². The molecule has 0 N–H and O–H groups in total. The number of hydrogen-bond donors (Lipinski definition) is 0. The van der Waals surface area contributed by atoms with Crippen LogP contribution in [0.15, 0.2) is 70.5 Å². The van der Waals surface area contributed by atoms with E-state index in [2.05, 4.69) is 88.4 Å². The molecule has 28 heavy (non-hydrogen) atoms. The van der Waals surface area contributed by atoms with Crippen LogP contribution in [0.25, 0.3) is 21.8 Å². The molecular formula is C24H24N2S2. The topological polar surface area (TPSA) is 25.8 Å². The smallest absolute Gasteiger partial charge is 0.0849 e. The van der Waals surface area contributed by atoms with Gasteiger partial charge in [0.25, 0.3) is 0 Å². The molecule has 0 aliphatic rings. The van der Waals surface area contributed by atoms with E-state index in [1.165, 1.54) is 20.6 Å². The molecule has 4 aromatic rings. The average Bonchev–Trinajstić information content (AvgIpc) is 2.71. The molecule has 4 heteroatoms. The first kappa shape index (κ1) is 19.3. The zero-order valence-corrected chi connectivity index (χ0v) is 18.3. The number of benzene rings is 2. The van der Waals surface area contributed by atoms with E-state index in [0.717, 1.165) is 22.4 Å². The van der Waals surface area contributed by atoms with Gasteiger partial charge in [0.05, 0.1) is 11.0 Å². The van der Waals surface area contributed by atoms with Crippen LogP contribution < -0.4 is 0 Å². The van der Waals surface area contributed by atoms with Gasteiger partial charge >= 0.3 is 0 Å². The minimum absolute atomic E-state index is 0.423. The second-order valence-electron chi connectivity index (χ2n) is 7.60. The highest BCUT2D eigenvalue weighted by Crippen LogP contribution is 2.42. The molecule has 0 bridgehead atoms. The minimum Gasteiger partial charge on any atom is -0.251 e. The summed E-state index contributed by atoms with van der Waals surface area (Å²) in [7, 11) is 3.53. The van der Waals surface area contributed by atoms with E-state index in [1.54, 1.807) is 21.6 Å². The van der Waals surface area contributed by atoms with Crippen LogP contribution in [0.1, 0.15) is 50.9 Å². The molecule has 0 aliphatic heterocycles. The lowest BCUT2D eigenvalue weighted by atomic mass is 10.1. The van der Waals surface area contributed by atoms with Crippen LogP contribution in [0.4, 0.5) is 0 Å². The van der Waals surface area contributed by atoms with E-state index in [1.807, 2.05) is 0 Å². The van der Waals surface area contributed by atoms with Gasteiger partial charge < -0.3 is 0 Å². The van der Waals surface area contributed by atoms with Gasteiger partial charge in [0, 0.05) is 32.0 Å². The summed E-state index contributed by atoms with van der Waals surface area (Å²) in [6.45, 7) is 8.75. The molecule has 0 radical (unpaired) electrons. The third-order valence-corrected chi connectivity index (χ3v) is 7.24. The lowest BCUT2D eigenvalue weighted by Crippen LogP contribution is -1.94. The molecule has 142 valence electrons. The van der Waals surface area contributed by atoms with Crippen molar-refractivity contribution in [1.29, 1.82) is 0 Å². The van der Waals surface area contributed by atoms with Crippen LogP contribution in [0, 0.1) is 0 Å². The van der Waals surface area contributed by atoms with Crippen molar-refractivity contribution in [2.45, 2.75) is 49.3 Å². The molecule has 4 rings (SSSR count). The molecule has 0 amide bonds. The Morgan fingerprint density at radius 1 is 0.571 bits per heavy atom.